The van der Waals surface area contributed by atoms with Crippen LogP contribution in [0.3, 0.4) is 0 Å². The van der Waals surface area contributed by atoms with Crippen molar-refractivity contribution in [3.05, 3.63) is 47.1 Å². The van der Waals surface area contributed by atoms with Crippen LogP contribution in [0.15, 0.2) is 47.1 Å². The molecule has 33 heavy (non-hydrogen) atoms. The van der Waals surface area contributed by atoms with E-state index in [1.165, 1.54) is 58.3 Å². The number of aliphatic hydroxyl groups is 4. The quantitative estimate of drug-likeness (QED) is 0.139. The first kappa shape index (κ1) is 26.6. The Hall–Kier alpha value is -2.63. The Morgan fingerprint density at radius 1 is 1.33 bits per heavy atom. The van der Waals surface area contributed by atoms with Gasteiger partial charge in [-0.3, -0.25) is 9.59 Å². The lowest BCUT2D eigenvalue weighted by Crippen LogP contribution is -2.55. The molecule has 0 aromatic carbocycles. The summed E-state index contributed by atoms with van der Waals surface area (Å²) in [4.78, 5) is 36.8. The number of hydrogen-bond acceptors (Lipinski definition) is 9. The third-order valence-corrected chi connectivity index (χ3v) is 5.84. The summed E-state index contributed by atoms with van der Waals surface area (Å²) in [5, 5.41) is 44.6. The first-order valence-electron chi connectivity index (χ1n) is 10.4. The molecule has 0 spiro atoms. The van der Waals surface area contributed by atoms with Gasteiger partial charge in [0, 0.05) is 6.42 Å². The molecule has 2 aliphatic heterocycles. The van der Waals surface area contributed by atoms with E-state index in [0.717, 1.165) is 0 Å². The standard InChI is InChI=1S/C23H31NO9/c1-6-15(18(27)32-5)12-14(3)16(25)21(4,29)9-7-8-13(2)17(26)23(31)19-22(30,10-11-33-19)24-20(23)28/h6-9,12,16,19,25,29-31H,10-11H2,1-5H3,(H,24,28)/b9-7+,13-8+,14-12+,15-6+/t16-,19-,21-,22-,23-/m0/s1. The molecule has 10 nitrogen and oxygen atoms in total. The number of fused-ring (bicyclic) bond motifs is 1. The van der Waals surface area contributed by atoms with Crippen LogP contribution in [0.2, 0.25) is 0 Å². The van der Waals surface area contributed by atoms with E-state index in [1.807, 2.05) is 0 Å². The molecule has 0 saturated carbocycles. The number of hydrogen-bond donors (Lipinski definition) is 5. The summed E-state index contributed by atoms with van der Waals surface area (Å²) in [6.45, 7) is 5.91. The van der Waals surface area contributed by atoms with Gasteiger partial charge in [-0.05, 0) is 44.9 Å². The zero-order valence-corrected chi connectivity index (χ0v) is 19.3. The van der Waals surface area contributed by atoms with Crippen LogP contribution in [-0.4, -0.2) is 80.9 Å². The van der Waals surface area contributed by atoms with E-state index in [1.54, 1.807) is 6.92 Å². The fourth-order valence-electron chi connectivity index (χ4n) is 3.85. The Labute approximate surface area is 191 Å². The van der Waals surface area contributed by atoms with Gasteiger partial charge in [-0.1, -0.05) is 24.3 Å². The van der Waals surface area contributed by atoms with E-state index in [9.17, 15) is 34.8 Å². The Morgan fingerprint density at radius 2 is 1.97 bits per heavy atom. The molecule has 0 radical (unpaired) electrons. The molecule has 0 aromatic rings. The number of Topliss-reactive ketones (excluding diaryl/α,β-unsaturated/α-hetero) is 1. The molecule has 0 aromatic heterocycles. The number of nitrogens with one attached hydrogen (secondary N) is 1. The molecule has 2 aliphatic rings. The van der Waals surface area contributed by atoms with Crippen LogP contribution in [0, 0.1) is 0 Å². The highest BCUT2D eigenvalue weighted by molar-refractivity contribution is 6.18. The molecule has 2 rings (SSSR count). The summed E-state index contributed by atoms with van der Waals surface area (Å²) in [6.07, 6.45) is 3.87. The van der Waals surface area contributed by atoms with Crippen molar-refractivity contribution >= 4 is 17.7 Å². The van der Waals surface area contributed by atoms with Crippen molar-refractivity contribution in [2.24, 2.45) is 0 Å². The maximum absolute atomic E-state index is 12.8. The molecule has 2 fully saturated rings. The van der Waals surface area contributed by atoms with Crippen molar-refractivity contribution in [2.75, 3.05) is 13.7 Å². The van der Waals surface area contributed by atoms with Gasteiger partial charge in [-0.25, -0.2) is 4.79 Å². The Kier molecular flexibility index (Phi) is 7.82. The predicted molar refractivity (Wildman–Crippen MR) is 116 cm³/mol. The molecule has 2 heterocycles. The van der Waals surface area contributed by atoms with Crippen LogP contribution < -0.4 is 5.32 Å². The number of carbonyl (C=O) groups is 3. The summed E-state index contributed by atoms with van der Waals surface area (Å²) in [5.74, 6) is -2.60. The summed E-state index contributed by atoms with van der Waals surface area (Å²) < 4.78 is 9.90. The second kappa shape index (κ2) is 9.70. The first-order valence-corrected chi connectivity index (χ1v) is 10.4. The van der Waals surface area contributed by atoms with Gasteiger partial charge in [-0.2, -0.15) is 0 Å². The van der Waals surface area contributed by atoms with Crippen molar-refractivity contribution < 1.29 is 44.3 Å². The molecule has 10 heteroatoms. The third kappa shape index (κ3) is 4.99. The molecule has 0 unspecified atom stereocenters. The van der Waals surface area contributed by atoms with Gasteiger partial charge in [0.15, 0.2) is 11.8 Å². The van der Waals surface area contributed by atoms with Crippen molar-refractivity contribution in [3.8, 4) is 0 Å². The number of ether oxygens (including phenoxy) is 2. The molecule has 0 bridgehead atoms. The number of carbonyl (C=O) groups excluding carboxylic acids is 3. The number of amides is 1. The highest BCUT2D eigenvalue weighted by Crippen LogP contribution is 2.39. The minimum atomic E-state index is -2.59. The summed E-state index contributed by atoms with van der Waals surface area (Å²) in [7, 11) is 1.23. The number of ketones is 1. The van der Waals surface area contributed by atoms with Crippen LogP contribution in [0.25, 0.3) is 0 Å². The first-order chi connectivity index (χ1) is 15.2. The molecule has 5 atom stereocenters. The molecular formula is C23H31NO9. The average molecular weight is 465 g/mol. The SMILES string of the molecule is C/C=C(\C=C(/C)[C@H](O)[C@@](C)(O)/C=C/C=C(\C)C(=O)[C@@]1(O)C(=O)N[C@]2(O)CCO[C@H]12)C(=O)OC. The molecule has 182 valence electrons. The third-order valence-electron chi connectivity index (χ3n) is 5.84. The predicted octanol–water partition coefficient (Wildman–Crippen LogP) is -0.426. The number of esters is 1. The maximum Gasteiger partial charge on any atom is 0.337 e. The van der Waals surface area contributed by atoms with Gasteiger partial charge in [0.2, 0.25) is 11.4 Å². The van der Waals surface area contributed by atoms with E-state index in [0.29, 0.717) is 0 Å². The fraction of sp³-hybridized carbons (Fsp3) is 0.522. The fourth-order valence-corrected chi connectivity index (χ4v) is 3.85. The second-order valence-electron chi connectivity index (χ2n) is 8.44. The van der Waals surface area contributed by atoms with Crippen molar-refractivity contribution in [3.63, 3.8) is 0 Å². The summed E-state index contributed by atoms with van der Waals surface area (Å²) >= 11 is 0. The van der Waals surface area contributed by atoms with Gasteiger partial charge in [0.25, 0.3) is 5.91 Å². The minimum Gasteiger partial charge on any atom is -0.465 e. The molecular weight excluding hydrogens is 434 g/mol. The monoisotopic (exact) mass is 465 g/mol. The Balaban J connectivity index is 2.19. The van der Waals surface area contributed by atoms with Crippen LogP contribution in [-0.2, 0) is 23.9 Å². The van der Waals surface area contributed by atoms with Gasteiger partial charge >= 0.3 is 5.97 Å². The number of allylic oxidation sites excluding steroid dienone is 3. The Bertz CT molecular complexity index is 946. The highest BCUT2D eigenvalue weighted by Gasteiger charge is 2.68. The summed E-state index contributed by atoms with van der Waals surface area (Å²) in [6, 6.07) is 0. The zero-order chi connectivity index (χ0) is 25.2. The molecule has 1 amide bonds. The van der Waals surface area contributed by atoms with Crippen LogP contribution in [0.5, 0.6) is 0 Å². The summed E-state index contributed by atoms with van der Waals surface area (Å²) in [5.41, 5.74) is -5.74. The molecule has 0 aliphatic carbocycles. The van der Waals surface area contributed by atoms with Crippen LogP contribution in [0.4, 0.5) is 0 Å². The van der Waals surface area contributed by atoms with Crippen molar-refractivity contribution in [1.29, 1.82) is 0 Å². The number of methoxy groups -OCH3 is 1. The lowest BCUT2D eigenvalue weighted by Gasteiger charge is -2.27. The number of rotatable bonds is 8. The van der Waals surface area contributed by atoms with Crippen LogP contribution in [0.1, 0.15) is 34.1 Å². The number of aliphatic hydroxyl groups excluding tert-OH is 1. The smallest absolute Gasteiger partial charge is 0.337 e. The van der Waals surface area contributed by atoms with Crippen molar-refractivity contribution in [1.82, 2.24) is 5.32 Å². The van der Waals surface area contributed by atoms with E-state index >= 15 is 0 Å². The van der Waals surface area contributed by atoms with E-state index < -0.39 is 46.8 Å². The van der Waals surface area contributed by atoms with E-state index in [-0.39, 0.29) is 29.7 Å². The molecule has 2 saturated heterocycles. The largest absolute Gasteiger partial charge is 0.465 e. The average Bonchev–Trinajstić information content (AvgIpc) is 3.23. The lowest BCUT2D eigenvalue weighted by molar-refractivity contribution is -0.160. The normalized spacial score (nSPS) is 31.2. The Morgan fingerprint density at radius 3 is 2.55 bits per heavy atom. The van der Waals surface area contributed by atoms with Crippen molar-refractivity contribution in [2.45, 2.75) is 63.3 Å². The van der Waals surface area contributed by atoms with E-state index in [4.69, 9.17) is 4.74 Å². The van der Waals surface area contributed by atoms with Crippen LogP contribution >= 0.6 is 0 Å². The van der Waals surface area contributed by atoms with Gasteiger partial charge in [0.1, 0.15) is 11.7 Å². The topological polar surface area (TPSA) is 163 Å². The second-order valence-corrected chi connectivity index (χ2v) is 8.44. The van der Waals surface area contributed by atoms with Gasteiger partial charge in [0.05, 0.1) is 19.3 Å². The molecule has 5 N–H and O–H groups in total. The van der Waals surface area contributed by atoms with Gasteiger partial charge in [-0.15, -0.1) is 0 Å². The van der Waals surface area contributed by atoms with Gasteiger partial charge < -0.3 is 35.2 Å². The maximum atomic E-state index is 12.8. The lowest BCUT2D eigenvalue weighted by atomic mass is 9.86. The van der Waals surface area contributed by atoms with E-state index in [2.05, 4.69) is 10.1 Å². The highest BCUT2D eigenvalue weighted by atomic mass is 16.5. The minimum absolute atomic E-state index is 0.0388. The zero-order valence-electron chi connectivity index (χ0n) is 19.3.